The minimum absolute atomic E-state index is 0.00898. The summed E-state index contributed by atoms with van der Waals surface area (Å²) < 4.78 is 0. The second-order valence-corrected chi connectivity index (χ2v) is 6.40. The number of allylic oxidation sites excluding steroid dienone is 4. The third kappa shape index (κ3) is 0.754. The van der Waals surface area contributed by atoms with Crippen molar-refractivity contribution < 1.29 is 9.59 Å². The highest BCUT2D eigenvalue weighted by atomic mass is 16.1. The standard InChI is InChI=1S/C15H14O2/c16-14-9-4-3-7-8-2-1-6-5-10(7)13(14)11(6)15(17)12(8)9/h1-4,6-13H,5H2/t6-,7+,8+,9-,10-,11-,12+,13+/m1/s1. The summed E-state index contributed by atoms with van der Waals surface area (Å²) in [4.78, 5) is 25.2. The lowest BCUT2D eigenvalue weighted by Gasteiger charge is -2.37. The van der Waals surface area contributed by atoms with Crippen LogP contribution in [0.15, 0.2) is 24.3 Å². The molecule has 0 unspecified atom stereocenters. The van der Waals surface area contributed by atoms with E-state index in [4.69, 9.17) is 0 Å². The maximum absolute atomic E-state index is 12.6. The first-order chi connectivity index (χ1) is 8.27. The molecule has 0 heterocycles. The van der Waals surface area contributed by atoms with E-state index in [1.54, 1.807) is 0 Å². The van der Waals surface area contributed by atoms with E-state index >= 15 is 0 Å². The van der Waals surface area contributed by atoms with Crippen LogP contribution in [0.25, 0.3) is 0 Å². The first kappa shape index (κ1) is 8.84. The fourth-order valence-electron chi connectivity index (χ4n) is 5.52. The Kier molecular flexibility index (Phi) is 1.29. The smallest absolute Gasteiger partial charge is 0.144 e. The summed E-state index contributed by atoms with van der Waals surface area (Å²) in [5.41, 5.74) is 0. The number of Topliss-reactive ketones (excluding diaryl/α,β-unsaturated/α-hetero) is 2. The van der Waals surface area contributed by atoms with Crippen LogP contribution < -0.4 is 0 Å². The van der Waals surface area contributed by atoms with Crippen molar-refractivity contribution in [2.45, 2.75) is 6.42 Å². The van der Waals surface area contributed by atoms with Crippen LogP contribution in [0.3, 0.4) is 0 Å². The molecule has 2 fully saturated rings. The van der Waals surface area contributed by atoms with Gasteiger partial charge in [-0.2, -0.15) is 0 Å². The predicted molar refractivity (Wildman–Crippen MR) is 60.8 cm³/mol. The molecule has 0 radical (unpaired) electrons. The molecule has 0 amide bonds. The van der Waals surface area contributed by atoms with Crippen LogP contribution in [0.2, 0.25) is 0 Å². The lowest BCUT2D eigenvalue weighted by Crippen LogP contribution is -2.46. The van der Waals surface area contributed by atoms with Crippen LogP contribution >= 0.6 is 0 Å². The molecule has 0 saturated heterocycles. The molecular weight excluding hydrogens is 212 g/mol. The van der Waals surface area contributed by atoms with Crippen molar-refractivity contribution in [1.82, 2.24) is 0 Å². The van der Waals surface area contributed by atoms with Crippen LogP contribution in [-0.4, -0.2) is 11.6 Å². The number of rotatable bonds is 0. The molecule has 4 aliphatic rings. The van der Waals surface area contributed by atoms with Gasteiger partial charge in [-0.05, 0) is 30.1 Å². The predicted octanol–water partition coefficient (Wildman–Crippen LogP) is 1.62. The highest BCUT2D eigenvalue weighted by Crippen LogP contribution is 2.63. The Hall–Kier alpha value is -1.18. The molecule has 2 bridgehead atoms. The van der Waals surface area contributed by atoms with Gasteiger partial charge in [-0.25, -0.2) is 0 Å². The number of hydrogen-bond acceptors (Lipinski definition) is 2. The molecule has 2 saturated carbocycles. The molecule has 8 atom stereocenters. The Morgan fingerprint density at radius 3 is 2.53 bits per heavy atom. The molecule has 2 nitrogen and oxygen atoms in total. The molecule has 4 rings (SSSR count). The van der Waals surface area contributed by atoms with Crippen molar-refractivity contribution in [3.8, 4) is 0 Å². The van der Waals surface area contributed by atoms with E-state index < -0.39 is 0 Å². The van der Waals surface area contributed by atoms with E-state index in [-0.39, 0.29) is 23.7 Å². The van der Waals surface area contributed by atoms with E-state index in [1.807, 2.05) is 0 Å². The van der Waals surface area contributed by atoms with Gasteiger partial charge in [0.05, 0.1) is 0 Å². The van der Waals surface area contributed by atoms with Gasteiger partial charge in [0.1, 0.15) is 11.6 Å². The highest BCUT2D eigenvalue weighted by molar-refractivity contribution is 6.03. The molecule has 0 aromatic heterocycles. The second kappa shape index (κ2) is 2.47. The molecule has 0 N–H and O–H groups in total. The monoisotopic (exact) mass is 226 g/mol. The summed E-state index contributed by atoms with van der Waals surface area (Å²) in [7, 11) is 0. The van der Waals surface area contributed by atoms with E-state index in [0.29, 0.717) is 35.2 Å². The van der Waals surface area contributed by atoms with Gasteiger partial charge in [-0.1, -0.05) is 24.3 Å². The molecular formula is C15H14O2. The number of ketones is 2. The van der Waals surface area contributed by atoms with Gasteiger partial charge in [0.15, 0.2) is 0 Å². The topological polar surface area (TPSA) is 34.1 Å². The van der Waals surface area contributed by atoms with E-state index in [2.05, 4.69) is 24.3 Å². The minimum Gasteiger partial charge on any atom is -0.299 e. The van der Waals surface area contributed by atoms with E-state index in [9.17, 15) is 9.59 Å². The lowest BCUT2D eigenvalue weighted by molar-refractivity contribution is -0.144. The Balaban J connectivity index is 1.89. The zero-order valence-electron chi connectivity index (χ0n) is 9.45. The summed E-state index contributed by atoms with van der Waals surface area (Å²) in [6, 6.07) is 0. The van der Waals surface area contributed by atoms with Crippen LogP contribution in [0.4, 0.5) is 0 Å². The van der Waals surface area contributed by atoms with Crippen LogP contribution in [0.1, 0.15) is 6.42 Å². The number of fused-ring (bicyclic) bond motifs is 9. The van der Waals surface area contributed by atoms with E-state index in [0.717, 1.165) is 6.42 Å². The Labute approximate surface area is 99.8 Å². The summed E-state index contributed by atoms with van der Waals surface area (Å²) in [5, 5.41) is 0. The maximum atomic E-state index is 12.6. The molecule has 2 heteroatoms. The molecule has 0 aromatic carbocycles. The molecule has 0 aliphatic heterocycles. The molecule has 86 valence electrons. The van der Waals surface area contributed by atoms with Crippen molar-refractivity contribution in [3.63, 3.8) is 0 Å². The fourth-order valence-corrected chi connectivity index (χ4v) is 5.52. The third-order valence-corrected chi connectivity index (χ3v) is 6.03. The highest BCUT2D eigenvalue weighted by Gasteiger charge is 2.66. The fraction of sp³-hybridized carbons (Fsp3) is 0.600. The van der Waals surface area contributed by atoms with Crippen molar-refractivity contribution >= 4 is 11.6 Å². The maximum Gasteiger partial charge on any atom is 0.144 e. The van der Waals surface area contributed by atoms with Gasteiger partial charge >= 0.3 is 0 Å². The van der Waals surface area contributed by atoms with Crippen LogP contribution in [-0.2, 0) is 9.59 Å². The minimum atomic E-state index is -0.0866. The summed E-state index contributed by atoms with van der Waals surface area (Å²) >= 11 is 0. The average Bonchev–Trinajstić information content (AvgIpc) is 2.40. The largest absolute Gasteiger partial charge is 0.299 e. The molecule has 17 heavy (non-hydrogen) atoms. The zero-order chi connectivity index (χ0) is 11.3. The van der Waals surface area contributed by atoms with Crippen molar-refractivity contribution in [1.29, 1.82) is 0 Å². The quantitative estimate of drug-likeness (QED) is 0.588. The third-order valence-electron chi connectivity index (χ3n) is 6.03. The summed E-state index contributed by atoms with van der Waals surface area (Å²) in [5.74, 6) is 2.41. The van der Waals surface area contributed by atoms with E-state index in [1.165, 1.54) is 0 Å². The van der Waals surface area contributed by atoms with Gasteiger partial charge in [0, 0.05) is 23.7 Å². The first-order valence-corrected chi connectivity index (χ1v) is 6.71. The van der Waals surface area contributed by atoms with Crippen LogP contribution in [0, 0.1) is 47.3 Å². The number of carbonyl (C=O) groups is 2. The average molecular weight is 226 g/mol. The summed E-state index contributed by atoms with van der Waals surface area (Å²) in [6.45, 7) is 0. The van der Waals surface area contributed by atoms with Crippen LogP contribution in [0.5, 0.6) is 0 Å². The van der Waals surface area contributed by atoms with Crippen molar-refractivity contribution in [2.24, 2.45) is 47.3 Å². The molecule has 4 aliphatic carbocycles. The van der Waals surface area contributed by atoms with Gasteiger partial charge in [0.25, 0.3) is 0 Å². The summed E-state index contributed by atoms with van der Waals surface area (Å²) in [6.07, 6.45) is 9.89. The normalized spacial score (nSPS) is 60.5. The molecule has 0 aromatic rings. The van der Waals surface area contributed by atoms with Gasteiger partial charge in [0.2, 0.25) is 0 Å². The Bertz CT molecular complexity index is 515. The van der Waals surface area contributed by atoms with Gasteiger partial charge < -0.3 is 0 Å². The lowest BCUT2D eigenvalue weighted by atomic mass is 9.64. The number of hydrogen-bond donors (Lipinski definition) is 0. The molecule has 0 spiro atoms. The SMILES string of the molecule is O=C1[C@H]2[C@H]3C(=O)[C@@H]4C=C[C@H]5[C@H](C=C[C@@H]2C[C@H]53)[C@H]14. The number of carbonyl (C=O) groups excluding carboxylic acids is 2. The second-order valence-electron chi connectivity index (χ2n) is 6.40. The zero-order valence-corrected chi connectivity index (χ0v) is 9.45. The van der Waals surface area contributed by atoms with Gasteiger partial charge in [-0.3, -0.25) is 9.59 Å². The van der Waals surface area contributed by atoms with Crippen molar-refractivity contribution in [3.05, 3.63) is 24.3 Å². The Morgan fingerprint density at radius 1 is 0.824 bits per heavy atom. The van der Waals surface area contributed by atoms with Crippen molar-refractivity contribution in [2.75, 3.05) is 0 Å². The first-order valence-electron chi connectivity index (χ1n) is 6.71. The Morgan fingerprint density at radius 2 is 1.65 bits per heavy atom. The van der Waals surface area contributed by atoms with Gasteiger partial charge in [-0.15, -0.1) is 0 Å².